The van der Waals surface area contributed by atoms with Crippen LogP contribution in [0, 0.1) is 0 Å². The Bertz CT molecular complexity index is 598. The lowest BCUT2D eigenvalue weighted by molar-refractivity contribution is 0.406. The fraction of sp³-hybridized carbons (Fsp3) is 0.333. The van der Waals surface area contributed by atoms with Crippen molar-refractivity contribution < 1.29 is 4.74 Å². The molecule has 0 fully saturated rings. The Morgan fingerprint density at radius 3 is 2.67 bits per heavy atom. The van der Waals surface area contributed by atoms with Crippen LogP contribution in [0.4, 0.5) is 0 Å². The topological polar surface area (TPSA) is 21.3 Å². The van der Waals surface area contributed by atoms with Gasteiger partial charge in [0.05, 0.1) is 10.9 Å². The molecule has 0 aliphatic carbocycles. The molecule has 1 N–H and O–H groups in total. The summed E-state index contributed by atoms with van der Waals surface area (Å²) in [6.45, 7) is 3.01. The zero-order valence-electron chi connectivity index (χ0n) is 11.8. The Balaban J connectivity index is 2.29. The Hall–Kier alpha value is -0.0700. The van der Waals surface area contributed by atoms with Crippen LogP contribution in [-0.4, -0.2) is 13.7 Å². The van der Waals surface area contributed by atoms with E-state index in [0.717, 1.165) is 37.6 Å². The van der Waals surface area contributed by atoms with Gasteiger partial charge in [0.1, 0.15) is 5.75 Å². The van der Waals surface area contributed by atoms with E-state index in [0.29, 0.717) is 0 Å². The average Bonchev–Trinajstić information content (AvgIpc) is 2.78. The molecule has 21 heavy (non-hydrogen) atoms. The molecule has 0 bridgehead atoms. The largest absolute Gasteiger partial charge is 0.496 e. The number of likely N-dealkylation sites (N-methyl/N-ethyl adjacent to an activating group) is 1. The zero-order valence-corrected chi connectivity index (χ0v) is 16.5. The van der Waals surface area contributed by atoms with Crippen LogP contribution in [0.1, 0.15) is 23.4 Å². The minimum atomic E-state index is 0.231. The van der Waals surface area contributed by atoms with Crippen molar-refractivity contribution in [3.8, 4) is 5.75 Å². The average molecular weight is 454 g/mol. The van der Waals surface area contributed by atoms with Crippen molar-refractivity contribution in [1.82, 2.24) is 5.32 Å². The summed E-state index contributed by atoms with van der Waals surface area (Å²) in [4.78, 5) is 1.28. The van der Waals surface area contributed by atoms with Crippen molar-refractivity contribution in [2.75, 3.05) is 13.7 Å². The zero-order chi connectivity index (χ0) is 15.4. The molecule has 6 heteroatoms. The Labute approximate surface area is 151 Å². The van der Waals surface area contributed by atoms with E-state index in [1.165, 1.54) is 4.88 Å². The maximum absolute atomic E-state index is 6.12. The predicted octanol–water partition coefficient (Wildman–Crippen LogP) is 5.83. The van der Waals surface area contributed by atoms with Crippen molar-refractivity contribution in [1.29, 1.82) is 0 Å². The molecule has 0 aliphatic rings. The summed E-state index contributed by atoms with van der Waals surface area (Å²) in [5, 5.41) is 4.26. The third-order valence-corrected chi connectivity index (χ3v) is 6.73. The molecule has 0 aliphatic heterocycles. The third kappa shape index (κ3) is 4.45. The number of benzene rings is 1. The van der Waals surface area contributed by atoms with E-state index in [9.17, 15) is 0 Å². The molecule has 0 spiro atoms. The molecule has 1 aromatic carbocycles. The normalized spacial score (nSPS) is 12.4. The molecule has 1 aromatic heterocycles. The smallest absolute Gasteiger partial charge is 0.122 e. The number of thiophene rings is 1. The maximum atomic E-state index is 6.12. The van der Waals surface area contributed by atoms with Gasteiger partial charge in [0.15, 0.2) is 0 Å². The second kappa shape index (κ2) is 7.97. The standard InChI is InChI=1S/C15H16Br2ClNOS/c1-3-19-12(14-8-11(16)15(17)21-14)7-9-6-10(18)4-5-13(9)20-2/h4-6,8,12,19H,3,7H2,1-2H3. The number of hydrogen-bond acceptors (Lipinski definition) is 3. The first kappa shape index (κ1) is 17.3. The molecular formula is C15H16Br2ClNOS. The molecule has 2 rings (SSSR count). The van der Waals surface area contributed by atoms with E-state index < -0.39 is 0 Å². The van der Waals surface area contributed by atoms with Gasteiger partial charge in [-0.05, 0) is 74.7 Å². The highest BCUT2D eigenvalue weighted by Gasteiger charge is 2.18. The van der Waals surface area contributed by atoms with Gasteiger partial charge in [0.25, 0.3) is 0 Å². The highest BCUT2D eigenvalue weighted by atomic mass is 79.9. The van der Waals surface area contributed by atoms with Crippen LogP contribution in [-0.2, 0) is 6.42 Å². The van der Waals surface area contributed by atoms with Crippen LogP contribution in [0.15, 0.2) is 32.5 Å². The second-order valence-electron chi connectivity index (χ2n) is 4.54. The lowest BCUT2D eigenvalue weighted by atomic mass is 10.0. The van der Waals surface area contributed by atoms with Crippen molar-refractivity contribution >= 4 is 54.8 Å². The highest BCUT2D eigenvalue weighted by molar-refractivity contribution is 9.13. The summed E-state index contributed by atoms with van der Waals surface area (Å²) in [6, 6.07) is 8.13. The molecule has 0 amide bonds. The van der Waals surface area contributed by atoms with E-state index in [1.807, 2.05) is 18.2 Å². The number of ether oxygens (including phenoxy) is 1. The minimum Gasteiger partial charge on any atom is -0.496 e. The molecule has 114 valence electrons. The lowest BCUT2D eigenvalue weighted by Crippen LogP contribution is -2.22. The van der Waals surface area contributed by atoms with Gasteiger partial charge in [-0.25, -0.2) is 0 Å². The van der Waals surface area contributed by atoms with Gasteiger partial charge in [-0.3, -0.25) is 0 Å². The van der Waals surface area contributed by atoms with Gasteiger partial charge < -0.3 is 10.1 Å². The Morgan fingerprint density at radius 1 is 1.33 bits per heavy atom. The molecule has 0 saturated carbocycles. The van der Waals surface area contributed by atoms with Crippen molar-refractivity contribution in [3.05, 3.63) is 48.0 Å². The van der Waals surface area contributed by atoms with Gasteiger partial charge in [-0.15, -0.1) is 11.3 Å². The fourth-order valence-electron chi connectivity index (χ4n) is 2.18. The van der Waals surface area contributed by atoms with E-state index in [1.54, 1.807) is 18.4 Å². The van der Waals surface area contributed by atoms with E-state index >= 15 is 0 Å². The number of rotatable bonds is 6. The van der Waals surface area contributed by atoms with Gasteiger partial charge >= 0.3 is 0 Å². The van der Waals surface area contributed by atoms with Crippen LogP contribution in [0.3, 0.4) is 0 Å². The van der Waals surface area contributed by atoms with E-state index in [-0.39, 0.29) is 6.04 Å². The first-order valence-electron chi connectivity index (χ1n) is 6.55. The number of halogens is 3. The van der Waals surface area contributed by atoms with Crippen LogP contribution in [0.25, 0.3) is 0 Å². The molecule has 1 unspecified atom stereocenters. The molecular weight excluding hydrogens is 437 g/mol. The van der Waals surface area contributed by atoms with Gasteiger partial charge in [-0.2, -0.15) is 0 Å². The van der Waals surface area contributed by atoms with Crippen LogP contribution in [0.2, 0.25) is 5.02 Å². The quantitative estimate of drug-likeness (QED) is 0.594. The summed E-state index contributed by atoms with van der Waals surface area (Å²) in [6.07, 6.45) is 0.830. The molecule has 2 nitrogen and oxygen atoms in total. The predicted molar refractivity (Wildman–Crippen MR) is 97.8 cm³/mol. The molecule has 0 saturated heterocycles. The van der Waals surface area contributed by atoms with E-state index in [4.69, 9.17) is 16.3 Å². The number of hydrogen-bond donors (Lipinski definition) is 1. The van der Waals surface area contributed by atoms with Gasteiger partial charge in [-0.1, -0.05) is 18.5 Å². The van der Waals surface area contributed by atoms with Crippen molar-refractivity contribution in [3.63, 3.8) is 0 Å². The Kier molecular flexibility index (Phi) is 6.56. The molecule has 1 atom stereocenters. The summed E-state index contributed by atoms with van der Waals surface area (Å²) >= 11 is 15.0. The number of nitrogens with one attached hydrogen (secondary N) is 1. The highest BCUT2D eigenvalue weighted by Crippen LogP contribution is 2.37. The first-order valence-corrected chi connectivity index (χ1v) is 9.33. The van der Waals surface area contributed by atoms with Crippen LogP contribution in [0.5, 0.6) is 5.75 Å². The van der Waals surface area contributed by atoms with Crippen molar-refractivity contribution in [2.24, 2.45) is 0 Å². The number of methoxy groups -OCH3 is 1. The van der Waals surface area contributed by atoms with Crippen molar-refractivity contribution in [2.45, 2.75) is 19.4 Å². The maximum Gasteiger partial charge on any atom is 0.122 e. The van der Waals surface area contributed by atoms with Crippen LogP contribution < -0.4 is 10.1 Å². The minimum absolute atomic E-state index is 0.231. The monoisotopic (exact) mass is 451 g/mol. The summed E-state index contributed by atoms with van der Waals surface area (Å²) in [5.41, 5.74) is 1.11. The SMILES string of the molecule is CCNC(Cc1cc(Cl)ccc1OC)c1cc(Br)c(Br)s1. The van der Waals surface area contributed by atoms with Gasteiger partial charge in [0, 0.05) is 20.4 Å². The summed E-state index contributed by atoms with van der Waals surface area (Å²) in [5.74, 6) is 0.872. The van der Waals surface area contributed by atoms with E-state index in [2.05, 4.69) is 50.2 Å². The van der Waals surface area contributed by atoms with Crippen LogP contribution >= 0.6 is 54.8 Å². The molecule has 2 aromatic rings. The molecule has 1 heterocycles. The third-order valence-electron chi connectivity index (χ3n) is 3.12. The Morgan fingerprint density at radius 2 is 2.10 bits per heavy atom. The summed E-state index contributed by atoms with van der Waals surface area (Å²) < 4.78 is 7.64. The lowest BCUT2D eigenvalue weighted by Gasteiger charge is -2.18. The van der Waals surface area contributed by atoms with Gasteiger partial charge in [0.2, 0.25) is 0 Å². The second-order valence-corrected chi connectivity index (χ2v) is 8.23. The fourth-order valence-corrected chi connectivity index (χ4v) is 4.54. The first-order chi connectivity index (χ1) is 10.0. The summed E-state index contributed by atoms with van der Waals surface area (Å²) in [7, 11) is 1.69. The molecule has 0 radical (unpaired) electrons.